The van der Waals surface area contributed by atoms with E-state index in [9.17, 15) is 35.9 Å². The maximum atomic E-state index is 12.8. The number of hydrogen-bond acceptors (Lipinski definition) is 9. The van der Waals surface area contributed by atoms with Crippen LogP contribution in [0.2, 0.25) is 0 Å². The van der Waals surface area contributed by atoms with E-state index in [0.717, 1.165) is 21.8 Å². The average molecular weight is 802 g/mol. The summed E-state index contributed by atoms with van der Waals surface area (Å²) in [5.74, 6) is -0.764. The molecule has 3 aromatic heterocycles. The number of aryl methyl sites for hydroxylation is 2. The average Bonchev–Trinajstić information content (AvgIpc) is 3.00. The molecule has 0 fully saturated rings. The third kappa shape index (κ3) is 13.0. The fourth-order valence-electron chi connectivity index (χ4n) is 3.96. The van der Waals surface area contributed by atoms with Crippen LogP contribution in [0.1, 0.15) is 21.0 Å². The van der Waals surface area contributed by atoms with E-state index >= 15 is 0 Å². The summed E-state index contributed by atoms with van der Waals surface area (Å²) in [6.45, 7) is 0. The highest BCUT2D eigenvalue weighted by atomic mass is 32.2. The highest BCUT2D eigenvalue weighted by molar-refractivity contribution is 7.86. The molecule has 8 N–H and O–H groups in total. The quantitative estimate of drug-likeness (QED) is 0.114. The number of carbonyl (C=O) groups excluding carboxylic acids is 2. The predicted octanol–water partition coefficient (Wildman–Crippen LogP) is 1.17. The molecule has 0 aliphatic carbocycles. The predicted molar refractivity (Wildman–Crippen MR) is 173 cm³/mol. The zero-order valence-electron chi connectivity index (χ0n) is 26.9. The molecule has 24 heteroatoms. The largest absolute Gasteiger partial charge is 0.741 e. The first-order chi connectivity index (χ1) is 23.0. The molecule has 2 aromatic carbocycles. The smallest absolute Gasteiger partial charge is 0.485 e. The topological polar surface area (TPSA) is 288 Å². The van der Waals surface area contributed by atoms with Crippen LogP contribution < -0.4 is 19.8 Å². The van der Waals surface area contributed by atoms with Crippen molar-refractivity contribution in [2.45, 2.75) is 11.0 Å². The number of carbonyl (C=O) groups is 2. The lowest BCUT2D eigenvalue weighted by Gasteiger charge is -2.08. The SMILES string of the molecule is C[n+]1cccc2cc(NC(=O)c3cccc(C(=O)Nc4ccc5c(ccc[n+]5C)c4)n3)ccc21.O.O.O.O=S(=O)([O-])C(F)(F)F.O=S(=O)([O-])C(F)(F)F. The molecule has 0 saturated heterocycles. The van der Waals surface area contributed by atoms with Crippen molar-refractivity contribution in [3.63, 3.8) is 0 Å². The summed E-state index contributed by atoms with van der Waals surface area (Å²) in [4.78, 5) is 29.9. The molecule has 0 aliphatic heterocycles. The van der Waals surface area contributed by atoms with Gasteiger partial charge in [-0.25, -0.2) is 31.0 Å². The maximum absolute atomic E-state index is 12.8. The molecule has 0 spiro atoms. The van der Waals surface area contributed by atoms with Gasteiger partial charge in [-0.15, -0.1) is 0 Å². The first-order valence-corrected chi connectivity index (χ1v) is 16.2. The van der Waals surface area contributed by atoms with Crippen LogP contribution in [0, 0.1) is 0 Å². The molecule has 0 radical (unpaired) electrons. The number of aromatic nitrogens is 3. The van der Waals surface area contributed by atoms with Crippen LogP contribution in [0.4, 0.5) is 37.7 Å². The van der Waals surface area contributed by atoms with Gasteiger partial charge in [-0.1, -0.05) is 6.07 Å². The Morgan fingerprint density at radius 2 is 0.925 bits per heavy atom. The van der Waals surface area contributed by atoms with Crippen LogP contribution in [0.25, 0.3) is 21.8 Å². The Kier molecular flexibility index (Phi) is 16.5. The Labute approximate surface area is 295 Å². The summed E-state index contributed by atoms with van der Waals surface area (Å²) in [7, 11) is -8.24. The van der Waals surface area contributed by atoms with E-state index in [1.54, 1.807) is 18.2 Å². The van der Waals surface area contributed by atoms with E-state index in [1.807, 2.05) is 96.3 Å². The summed E-state index contributed by atoms with van der Waals surface area (Å²) in [6.07, 6.45) is 3.94. The van der Waals surface area contributed by atoms with Gasteiger partial charge in [0, 0.05) is 46.4 Å². The van der Waals surface area contributed by atoms with Gasteiger partial charge in [0.05, 0.1) is 0 Å². The van der Waals surface area contributed by atoms with Gasteiger partial charge in [-0.3, -0.25) is 9.59 Å². The van der Waals surface area contributed by atoms with Crippen molar-refractivity contribution in [1.82, 2.24) is 4.98 Å². The lowest BCUT2D eigenvalue weighted by atomic mass is 10.2. The first kappa shape index (κ1) is 47.6. The molecule has 5 aromatic rings. The number of alkyl halides is 6. The van der Waals surface area contributed by atoms with Crippen molar-refractivity contribution in [3.8, 4) is 0 Å². The third-order valence-corrected chi connectivity index (χ3v) is 7.42. The van der Waals surface area contributed by atoms with E-state index in [4.69, 9.17) is 25.9 Å². The molecule has 0 aliphatic rings. The molecule has 5 rings (SSSR count). The number of amides is 2. The molecule has 0 saturated carbocycles. The highest BCUT2D eigenvalue weighted by Gasteiger charge is 2.37. The summed E-state index contributed by atoms with van der Waals surface area (Å²) >= 11 is 0. The molecular formula is C29H29F6N5O11S2. The van der Waals surface area contributed by atoms with Crippen LogP contribution in [-0.2, 0) is 34.3 Å². The molecule has 0 atom stereocenters. The Balaban J connectivity index is 0.00000120. The van der Waals surface area contributed by atoms with E-state index < -0.39 is 31.3 Å². The van der Waals surface area contributed by atoms with Crippen molar-refractivity contribution in [2.24, 2.45) is 14.1 Å². The van der Waals surface area contributed by atoms with Gasteiger partial charge in [0.15, 0.2) is 32.6 Å². The minimum atomic E-state index is -6.09. The standard InChI is InChI=1S/C27H21N5O2.2CHF3O3S.3H2O/c1-31-14-4-6-18-16-20(10-12-24(18)31)28-26(33)22-8-3-9-23(30-22)27(34)29-21-11-13-25-19(17-21)7-5-15-32(25)2;2*2-1(3,4)8(5,6)7;;;/h3-17H,1-2H3;2*(H,5,6,7);3*1H2. The van der Waals surface area contributed by atoms with E-state index in [-0.39, 0.29) is 39.6 Å². The lowest BCUT2D eigenvalue weighted by molar-refractivity contribution is -0.645. The second kappa shape index (κ2) is 18.4. The van der Waals surface area contributed by atoms with Crippen LogP contribution in [0.3, 0.4) is 0 Å². The van der Waals surface area contributed by atoms with Crippen molar-refractivity contribution in [2.75, 3.05) is 10.6 Å². The summed E-state index contributed by atoms with van der Waals surface area (Å²) < 4.78 is 122. The number of nitrogens with one attached hydrogen (secondary N) is 2. The fourth-order valence-corrected chi connectivity index (χ4v) is 3.96. The van der Waals surface area contributed by atoms with E-state index in [1.165, 1.54) is 0 Å². The second-order valence-electron chi connectivity index (χ2n) is 9.90. The lowest BCUT2D eigenvalue weighted by Crippen LogP contribution is -2.27. The number of halogens is 6. The van der Waals surface area contributed by atoms with Gasteiger partial charge in [-0.05, 0) is 48.5 Å². The Hall–Kier alpha value is -5.37. The fraction of sp³-hybridized carbons (Fsp3) is 0.138. The number of anilines is 2. The van der Waals surface area contributed by atoms with Crippen molar-refractivity contribution in [1.29, 1.82) is 0 Å². The molecular weight excluding hydrogens is 772 g/mol. The zero-order chi connectivity index (χ0) is 37.7. The van der Waals surface area contributed by atoms with Gasteiger partial charge in [0.1, 0.15) is 25.5 Å². The summed E-state index contributed by atoms with van der Waals surface area (Å²) in [5, 5.41) is 7.75. The Bertz CT molecular complexity index is 2140. The van der Waals surface area contributed by atoms with Crippen molar-refractivity contribution in [3.05, 3.63) is 103 Å². The van der Waals surface area contributed by atoms with E-state index in [2.05, 4.69) is 15.6 Å². The molecule has 16 nitrogen and oxygen atoms in total. The number of pyridine rings is 3. The van der Waals surface area contributed by atoms with Gasteiger partial charge in [0.2, 0.25) is 11.0 Å². The number of nitrogens with zero attached hydrogens (tertiary/aromatic N) is 3. The van der Waals surface area contributed by atoms with E-state index in [0.29, 0.717) is 11.4 Å². The third-order valence-electron chi connectivity index (χ3n) is 6.28. The van der Waals surface area contributed by atoms with Crippen LogP contribution in [0.5, 0.6) is 0 Å². The van der Waals surface area contributed by atoms with Gasteiger partial charge in [0.25, 0.3) is 11.8 Å². The molecule has 3 heterocycles. The zero-order valence-corrected chi connectivity index (χ0v) is 28.5. The molecule has 0 bridgehead atoms. The second-order valence-corrected chi connectivity index (χ2v) is 12.6. The summed E-state index contributed by atoms with van der Waals surface area (Å²) in [6, 6.07) is 24.1. The van der Waals surface area contributed by atoms with Crippen molar-refractivity contribution < 1.29 is 87.4 Å². The normalized spacial score (nSPS) is 11.2. The van der Waals surface area contributed by atoms with Gasteiger partial charge < -0.3 is 36.2 Å². The number of rotatable bonds is 4. The number of hydrogen-bond donors (Lipinski definition) is 2. The minimum absolute atomic E-state index is 0. The van der Waals surface area contributed by atoms with Gasteiger partial charge in [-0.2, -0.15) is 26.3 Å². The Morgan fingerprint density at radius 3 is 1.23 bits per heavy atom. The number of fused-ring (bicyclic) bond motifs is 2. The molecule has 53 heavy (non-hydrogen) atoms. The minimum Gasteiger partial charge on any atom is -0.741 e. The monoisotopic (exact) mass is 801 g/mol. The Morgan fingerprint density at radius 1 is 0.604 bits per heavy atom. The van der Waals surface area contributed by atoms with Gasteiger partial charge >= 0.3 is 11.0 Å². The van der Waals surface area contributed by atoms with Crippen LogP contribution in [0.15, 0.2) is 91.3 Å². The molecule has 290 valence electrons. The molecule has 2 amide bonds. The highest BCUT2D eigenvalue weighted by Crippen LogP contribution is 2.22. The van der Waals surface area contributed by atoms with Crippen LogP contribution in [-0.4, -0.2) is 70.2 Å². The van der Waals surface area contributed by atoms with Crippen molar-refractivity contribution >= 4 is 65.2 Å². The van der Waals surface area contributed by atoms with Crippen LogP contribution >= 0.6 is 0 Å². The number of benzene rings is 2. The molecule has 0 unspecified atom stereocenters. The first-order valence-electron chi connectivity index (χ1n) is 13.4. The maximum Gasteiger partial charge on any atom is 0.485 e. The summed E-state index contributed by atoms with van der Waals surface area (Å²) in [5.41, 5.74) is -7.54.